The molecular formula is C19H26N3O4S+. The number of hydrogen-bond acceptors (Lipinski definition) is 5. The summed E-state index contributed by atoms with van der Waals surface area (Å²) in [4.78, 5) is 19.7. The van der Waals surface area contributed by atoms with Gasteiger partial charge in [0.15, 0.2) is 0 Å². The molecule has 0 bridgehead atoms. The smallest absolute Gasteiger partial charge is 0.413 e. The summed E-state index contributed by atoms with van der Waals surface area (Å²) in [6, 6.07) is 6.69. The topological polar surface area (TPSA) is 85.4 Å². The van der Waals surface area contributed by atoms with Crippen molar-refractivity contribution in [3.8, 4) is 0 Å². The zero-order valence-electron chi connectivity index (χ0n) is 15.9. The van der Waals surface area contributed by atoms with Crippen molar-refractivity contribution in [3.63, 3.8) is 0 Å². The van der Waals surface area contributed by atoms with E-state index in [-0.39, 0.29) is 4.90 Å². The number of sulfonamides is 1. The summed E-state index contributed by atoms with van der Waals surface area (Å²) in [5, 5.41) is 1.29. The van der Waals surface area contributed by atoms with Crippen molar-refractivity contribution in [2.45, 2.75) is 50.5 Å². The van der Waals surface area contributed by atoms with Gasteiger partial charge in [-0.25, -0.2) is 8.42 Å². The molecule has 0 radical (unpaired) electrons. The number of ether oxygens (including phenoxy) is 1. The van der Waals surface area contributed by atoms with Crippen molar-refractivity contribution in [3.05, 3.63) is 36.7 Å². The lowest BCUT2D eigenvalue weighted by Crippen LogP contribution is -2.66. The molecule has 1 aliphatic rings. The van der Waals surface area contributed by atoms with E-state index in [2.05, 4.69) is 9.82 Å². The lowest BCUT2D eigenvalue weighted by Gasteiger charge is -2.37. The van der Waals surface area contributed by atoms with Gasteiger partial charge in [0, 0.05) is 23.2 Å². The highest BCUT2D eigenvalue weighted by molar-refractivity contribution is 7.89. The average Bonchev–Trinajstić information content (AvgIpc) is 2.60. The molecule has 0 saturated carbocycles. The van der Waals surface area contributed by atoms with E-state index in [4.69, 9.17) is 4.74 Å². The maximum Gasteiger partial charge on any atom is 0.537 e. The van der Waals surface area contributed by atoms with Gasteiger partial charge in [0.25, 0.3) is 10.0 Å². The second-order valence-corrected chi connectivity index (χ2v) is 9.53. The average molecular weight is 393 g/mol. The molecule has 1 amide bonds. The number of piperidine rings is 1. The number of rotatable bonds is 3. The first-order valence-electron chi connectivity index (χ1n) is 9.10. The molecule has 2 aromatic rings. The first-order valence-corrected chi connectivity index (χ1v) is 10.6. The van der Waals surface area contributed by atoms with Crippen LogP contribution in [-0.4, -0.2) is 42.8 Å². The fourth-order valence-corrected chi connectivity index (χ4v) is 4.87. The number of aromatic nitrogens is 1. The number of benzene rings is 1. The molecule has 0 unspecified atom stereocenters. The Kier molecular flexibility index (Phi) is 5.24. The van der Waals surface area contributed by atoms with Crippen LogP contribution in [0.2, 0.25) is 0 Å². The van der Waals surface area contributed by atoms with Crippen LogP contribution in [0.3, 0.4) is 0 Å². The maximum atomic E-state index is 13.2. The lowest BCUT2D eigenvalue weighted by molar-refractivity contribution is -0.892. The van der Waals surface area contributed by atoms with Gasteiger partial charge >= 0.3 is 6.09 Å². The number of hydrogen-bond donors (Lipinski definition) is 1. The molecule has 0 spiro atoms. The number of carbonyl (C=O) groups is 1. The Morgan fingerprint density at radius 3 is 2.52 bits per heavy atom. The predicted octanol–water partition coefficient (Wildman–Crippen LogP) is 3.36. The molecule has 3 rings (SSSR count). The Balaban J connectivity index is 2.01. The van der Waals surface area contributed by atoms with Gasteiger partial charge in [0.2, 0.25) is 0 Å². The van der Waals surface area contributed by atoms with Crippen LogP contribution in [0.5, 0.6) is 0 Å². The quantitative estimate of drug-likeness (QED) is 0.810. The summed E-state index contributed by atoms with van der Waals surface area (Å²) < 4.78 is 31.6. The van der Waals surface area contributed by atoms with E-state index in [0.717, 1.165) is 24.6 Å². The molecule has 27 heavy (non-hydrogen) atoms. The third-order valence-electron chi connectivity index (χ3n) is 4.55. The molecule has 1 aliphatic heterocycles. The molecule has 1 saturated heterocycles. The van der Waals surface area contributed by atoms with E-state index in [1.165, 1.54) is 0 Å². The van der Waals surface area contributed by atoms with Gasteiger partial charge in [-0.3, -0.25) is 4.98 Å². The van der Waals surface area contributed by atoms with Crippen LogP contribution in [0.1, 0.15) is 40.0 Å². The van der Waals surface area contributed by atoms with Gasteiger partial charge in [0.05, 0.1) is 4.90 Å². The molecule has 8 heteroatoms. The SMILES string of the molecule is CC(C)(C)OC(=O)[N+]1(NS(=O)(=O)c2cccc3cnccc23)CCCCC1. The Hall–Kier alpha value is -2.03. The number of nitrogens with one attached hydrogen (secondary N) is 1. The fourth-order valence-electron chi connectivity index (χ4n) is 3.32. The van der Waals surface area contributed by atoms with Gasteiger partial charge < -0.3 is 4.74 Å². The molecule has 1 aromatic carbocycles. The van der Waals surface area contributed by atoms with Crippen molar-refractivity contribution >= 4 is 26.9 Å². The van der Waals surface area contributed by atoms with Crippen molar-refractivity contribution < 1.29 is 22.5 Å². The first-order chi connectivity index (χ1) is 12.6. The largest absolute Gasteiger partial charge is 0.537 e. The van der Waals surface area contributed by atoms with Crippen LogP contribution < -0.4 is 4.83 Å². The summed E-state index contributed by atoms with van der Waals surface area (Å²) in [7, 11) is -3.95. The second-order valence-electron chi connectivity index (χ2n) is 7.90. The summed E-state index contributed by atoms with van der Waals surface area (Å²) >= 11 is 0. The number of quaternary nitrogens is 1. The minimum absolute atomic E-state index is 0.133. The number of pyridine rings is 1. The Labute approximate surface area is 160 Å². The molecule has 0 aliphatic carbocycles. The van der Waals surface area contributed by atoms with Crippen molar-refractivity contribution in [1.29, 1.82) is 0 Å². The predicted molar refractivity (Wildman–Crippen MR) is 102 cm³/mol. The van der Waals surface area contributed by atoms with E-state index in [1.54, 1.807) is 57.4 Å². The normalized spacial score (nSPS) is 17.6. The summed E-state index contributed by atoms with van der Waals surface area (Å²) in [6.45, 7) is 6.08. The fraction of sp³-hybridized carbons (Fsp3) is 0.474. The molecular weight excluding hydrogens is 366 g/mol. The zero-order chi connectivity index (χ0) is 19.7. The molecule has 0 atom stereocenters. The summed E-state index contributed by atoms with van der Waals surface area (Å²) in [5.41, 5.74) is -0.698. The van der Waals surface area contributed by atoms with Gasteiger partial charge in [-0.2, -0.15) is 4.79 Å². The second kappa shape index (κ2) is 7.18. The first kappa shape index (κ1) is 19.7. The molecule has 1 aromatic heterocycles. The molecule has 146 valence electrons. The number of fused-ring (bicyclic) bond motifs is 1. The van der Waals surface area contributed by atoms with E-state index in [1.807, 2.05) is 0 Å². The van der Waals surface area contributed by atoms with Crippen LogP contribution >= 0.6 is 0 Å². The third kappa shape index (κ3) is 4.28. The highest BCUT2D eigenvalue weighted by Gasteiger charge is 2.46. The van der Waals surface area contributed by atoms with Crippen LogP contribution in [0, 0.1) is 0 Å². The van der Waals surface area contributed by atoms with E-state index in [0.29, 0.717) is 18.5 Å². The minimum atomic E-state index is -3.95. The Morgan fingerprint density at radius 1 is 1.15 bits per heavy atom. The number of likely N-dealkylation sites (tertiary alicyclic amines) is 1. The number of nitrogens with zero attached hydrogens (tertiary/aromatic N) is 2. The monoisotopic (exact) mass is 392 g/mol. The van der Waals surface area contributed by atoms with Crippen molar-refractivity contribution in [1.82, 2.24) is 9.82 Å². The molecule has 2 heterocycles. The van der Waals surface area contributed by atoms with Crippen LogP contribution in [0.4, 0.5) is 4.79 Å². The van der Waals surface area contributed by atoms with E-state index in [9.17, 15) is 13.2 Å². The van der Waals surface area contributed by atoms with Gasteiger partial charge in [-0.1, -0.05) is 12.1 Å². The van der Waals surface area contributed by atoms with Gasteiger partial charge in [-0.15, -0.1) is 4.59 Å². The maximum absolute atomic E-state index is 13.2. The minimum Gasteiger partial charge on any atom is -0.413 e. The molecule has 1 N–H and O–H groups in total. The van der Waals surface area contributed by atoms with Crippen LogP contribution in [-0.2, 0) is 14.8 Å². The third-order valence-corrected chi connectivity index (χ3v) is 6.07. The van der Waals surface area contributed by atoms with E-state index < -0.39 is 26.3 Å². The highest BCUT2D eigenvalue weighted by atomic mass is 32.2. The standard InChI is InChI=1S/C19H26N3O4S/c1-19(2,3)26-18(23)22(12-5-4-6-13-22)21-27(24,25)17-9-7-8-15-14-20-11-10-16(15)17/h7-11,14,21H,4-6,12-13H2,1-3H3/q+1. The van der Waals surface area contributed by atoms with Gasteiger partial charge in [-0.05, 0) is 57.0 Å². The molecule has 7 nitrogen and oxygen atoms in total. The summed E-state index contributed by atoms with van der Waals surface area (Å²) in [6.07, 6.45) is 5.08. The van der Waals surface area contributed by atoms with E-state index >= 15 is 0 Å². The number of amides is 1. The summed E-state index contributed by atoms with van der Waals surface area (Å²) in [5.74, 6) is 0. The Bertz CT molecular complexity index is 940. The van der Waals surface area contributed by atoms with Crippen molar-refractivity contribution in [2.24, 2.45) is 0 Å². The zero-order valence-corrected chi connectivity index (χ0v) is 16.8. The van der Waals surface area contributed by atoms with Gasteiger partial charge in [0.1, 0.15) is 18.7 Å². The lowest BCUT2D eigenvalue weighted by atomic mass is 10.1. The van der Waals surface area contributed by atoms with Crippen molar-refractivity contribution in [2.75, 3.05) is 13.1 Å². The highest BCUT2D eigenvalue weighted by Crippen LogP contribution is 2.26. The van der Waals surface area contributed by atoms with Crippen LogP contribution in [0.25, 0.3) is 10.8 Å². The Morgan fingerprint density at radius 2 is 1.85 bits per heavy atom. The van der Waals surface area contributed by atoms with Crippen LogP contribution in [0.15, 0.2) is 41.6 Å². The molecule has 1 fully saturated rings. The number of carbonyl (C=O) groups excluding carboxylic acids is 1.